The minimum Gasteiger partial charge on any atom is -0.334 e. The summed E-state index contributed by atoms with van der Waals surface area (Å²) in [5.41, 5.74) is 6.64. The zero-order valence-corrected chi connectivity index (χ0v) is 13.1. The fraction of sp³-hybridized carbons (Fsp3) is 0.467. The minimum atomic E-state index is -0.497. The standard InChI is InChI=1S/C15H17Cl2N3O/c16-11-7-5-6-10(12(11)17)13-19-14(20-21-13)15(18)8-3-1-2-4-9-15/h5-7H,1-4,8-9,18H2. The van der Waals surface area contributed by atoms with Crippen molar-refractivity contribution in [2.75, 3.05) is 0 Å². The molecule has 1 fully saturated rings. The van der Waals surface area contributed by atoms with Crippen LogP contribution in [0.2, 0.25) is 10.0 Å². The van der Waals surface area contributed by atoms with Gasteiger partial charge >= 0.3 is 0 Å². The van der Waals surface area contributed by atoms with Gasteiger partial charge < -0.3 is 10.3 Å². The highest BCUT2D eigenvalue weighted by Gasteiger charge is 2.33. The molecular formula is C15H17Cl2N3O. The lowest BCUT2D eigenvalue weighted by Crippen LogP contribution is -2.37. The Labute approximate surface area is 133 Å². The van der Waals surface area contributed by atoms with Crippen LogP contribution < -0.4 is 5.73 Å². The van der Waals surface area contributed by atoms with Crippen molar-refractivity contribution in [1.82, 2.24) is 10.1 Å². The van der Waals surface area contributed by atoms with Crippen LogP contribution in [0.1, 0.15) is 44.3 Å². The van der Waals surface area contributed by atoms with Gasteiger partial charge in [-0.2, -0.15) is 4.98 Å². The van der Waals surface area contributed by atoms with Crippen LogP contribution in [0, 0.1) is 0 Å². The van der Waals surface area contributed by atoms with Gasteiger partial charge in [0.25, 0.3) is 5.89 Å². The highest BCUT2D eigenvalue weighted by molar-refractivity contribution is 6.43. The molecule has 0 radical (unpaired) electrons. The van der Waals surface area contributed by atoms with Crippen molar-refractivity contribution in [3.05, 3.63) is 34.1 Å². The van der Waals surface area contributed by atoms with E-state index in [1.54, 1.807) is 12.1 Å². The Kier molecular flexibility index (Phi) is 4.20. The maximum Gasteiger partial charge on any atom is 0.259 e. The third-order valence-electron chi connectivity index (χ3n) is 4.05. The lowest BCUT2D eigenvalue weighted by Gasteiger charge is -2.23. The van der Waals surface area contributed by atoms with Crippen molar-refractivity contribution in [3.8, 4) is 11.5 Å². The van der Waals surface area contributed by atoms with Gasteiger partial charge in [-0.3, -0.25) is 0 Å². The topological polar surface area (TPSA) is 64.9 Å². The van der Waals surface area contributed by atoms with E-state index in [2.05, 4.69) is 10.1 Å². The number of aromatic nitrogens is 2. The van der Waals surface area contributed by atoms with Gasteiger partial charge in [-0.1, -0.05) is 60.1 Å². The fourth-order valence-corrected chi connectivity index (χ4v) is 3.17. The average Bonchev–Trinajstić information content (AvgIpc) is 2.86. The molecule has 1 aromatic carbocycles. The Balaban J connectivity index is 1.94. The molecule has 1 heterocycles. The van der Waals surface area contributed by atoms with Crippen LogP contribution in [-0.4, -0.2) is 10.1 Å². The Morgan fingerprint density at radius 2 is 1.81 bits per heavy atom. The molecule has 1 saturated carbocycles. The number of nitrogens with zero attached hydrogens (tertiary/aromatic N) is 2. The first-order chi connectivity index (χ1) is 10.1. The SMILES string of the molecule is NC1(c2noc(-c3cccc(Cl)c3Cl)n2)CCCCCC1. The van der Waals surface area contributed by atoms with Crippen molar-refractivity contribution in [3.63, 3.8) is 0 Å². The van der Waals surface area contributed by atoms with E-state index in [9.17, 15) is 0 Å². The van der Waals surface area contributed by atoms with Crippen LogP contribution in [0.5, 0.6) is 0 Å². The molecule has 0 saturated heterocycles. The first-order valence-electron chi connectivity index (χ1n) is 7.18. The molecule has 0 bridgehead atoms. The highest BCUT2D eigenvalue weighted by Crippen LogP contribution is 2.36. The number of hydrogen-bond acceptors (Lipinski definition) is 4. The van der Waals surface area contributed by atoms with E-state index in [0.717, 1.165) is 25.7 Å². The second kappa shape index (κ2) is 5.95. The van der Waals surface area contributed by atoms with Crippen molar-refractivity contribution < 1.29 is 4.52 Å². The van der Waals surface area contributed by atoms with Crippen LogP contribution in [0.3, 0.4) is 0 Å². The zero-order valence-electron chi connectivity index (χ0n) is 11.6. The molecular weight excluding hydrogens is 309 g/mol. The predicted octanol–water partition coefficient (Wildman–Crippen LogP) is 4.55. The Morgan fingerprint density at radius 1 is 1.10 bits per heavy atom. The first kappa shape index (κ1) is 14.8. The molecule has 0 amide bonds. The zero-order chi connectivity index (χ0) is 14.9. The maximum atomic E-state index is 6.50. The van der Waals surface area contributed by atoms with Gasteiger partial charge in [0.1, 0.15) is 0 Å². The second-order valence-electron chi connectivity index (χ2n) is 5.59. The monoisotopic (exact) mass is 325 g/mol. The predicted molar refractivity (Wildman–Crippen MR) is 83.3 cm³/mol. The maximum absolute atomic E-state index is 6.50. The summed E-state index contributed by atoms with van der Waals surface area (Å²) in [5.74, 6) is 0.932. The Morgan fingerprint density at radius 3 is 2.52 bits per heavy atom. The van der Waals surface area contributed by atoms with E-state index >= 15 is 0 Å². The van der Waals surface area contributed by atoms with E-state index in [4.69, 9.17) is 33.5 Å². The summed E-state index contributed by atoms with van der Waals surface area (Å²) >= 11 is 12.2. The minimum absolute atomic E-state index is 0.367. The smallest absolute Gasteiger partial charge is 0.259 e. The molecule has 2 aromatic rings. The van der Waals surface area contributed by atoms with E-state index in [0.29, 0.717) is 27.3 Å². The van der Waals surface area contributed by atoms with Crippen LogP contribution in [0.4, 0.5) is 0 Å². The van der Waals surface area contributed by atoms with Gasteiger partial charge in [-0.05, 0) is 25.0 Å². The van der Waals surface area contributed by atoms with Crippen molar-refractivity contribution in [2.24, 2.45) is 5.73 Å². The van der Waals surface area contributed by atoms with Crippen LogP contribution in [0.25, 0.3) is 11.5 Å². The molecule has 1 aliphatic rings. The molecule has 4 nitrogen and oxygen atoms in total. The van der Waals surface area contributed by atoms with Crippen LogP contribution in [0.15, 0.2) is 22.7 Å². The largest absolute Gasteiger partial charge is 0.334 e. The van der Waals surface area contributed by atoms with Gasteiger partial charge in [0, 0.05) is 0 Å². The molecule has 21 heavy (non-hydrogen) atoms. The van der Waals surface area contributed by atoms with Gasteiger partial charge in [0.15, 0.2) is 5.82 Å². The molecule has 0 aliphatic heterocycles. The number of halogens is 2. The second-order valence-corrected chi connectivity index (χ2v) is 6.38. The normalized spacial score (nSPS) is 18.4. The van der Waals surface area contributed by atoms with Crippen molar-refractivity contribution in [1.29, 1.82) is 0 Å². The van der Waals surface area contributed by atoms with Crippen molar-refractivity contribution in [2.45, 2.75) is 44.1 Å². The molecule has 3 rings (SSSR count). The lowest BCUT2D eigenvalue weighted by molar-refractivity contribution is 0.334. The fourth-order valence-electron chi connectivity index (χ4n) is 2.79. The van der Waals surface area contributed by atoms with E-state index in [1.165, 1.54) is 12.8 Å². The number of benzene rings is 1. The number of rotatable bonds is 2. The lowest BCUT2D eigenvalue weighted by atomic mass is 9.91. The third kappa shape index (κ3) is 2.93. The number of nitrogens with two attached hydrogens (primary N) is 1. The van der Waals surface area contributed by atoms with E-state index in [1.807, 2.05) is 6.07 Å². The van der Waals surface area contributed by atoms with Gasteiger partial charge in [0.2, 0.25) is 0 Å². The molecule has 1 aromatic heterocycles. The highest BCUT2D eigenvalue weighted by atomic mass is 35.5. The van der Waals surface area contributed by atoms with Crippen LogP contribution in [-0.2, 0) is 5.54 Å². The summed E-state index contributed by atoms with van der Waals surface area (Å²) < 4.78 is 5.36. The first-order valence-corrected chi connectivity index (χ1v) is 7.93. The van der Waals surface area contributed by atoms with Crippen molar-refractivity contribution >= 4 is 23.2 Å². The molecule has 1 aliphatic carbocycles. The van der Waals surface area contributed by atoms with E-state index in [-0.39, 0.29) is 0 Å². The quantitative estimate of drug-likeness (QED) is 0.822. The Bertz CT molecular complexity index is 634. The molecule has 0 unspecified atom stereocenters. The number of hydrogen-bond donors (Lipinski definition) is 1. The molecule has 2 N–H and O–H groups in total. The summed E-state index contributed by atoms with van der Waals surface area (Å²) in [4.78, 5) is 4.47. The third-order valence-corrected chi connectivity index (χ3v) is 4.87. The summed E-state index contributed by atoms with van der Waals surface area (Å²) in [6.07, 6.45) is 6.38. The molecule has 112 valence electrons. The van der Waals surface area contributed by atoms with Gasteiger partial charge in [-0.25, -0.2) is 0 Å². The summed E-state index contributed by atoms with van der Waals surface area (Å²) in [6, 6.07) is 5.33. The summed E-state index contributed by atoms with van der Waals surface area (Å²) in [7, 11) is 0. The Hall–Kier alpha value is -1.10. The van der Waals surface area contributed by atoms with Crippen LogP contribution >= 0.6 is 23.2 Å². The summed E-state index contributed by atoms with van der Waals surface area (Å²) in [5, 5.41) is 4.97. The van der Waals surface area contributed by atoms with E-state index < -0.39 is 5.54 Å². The molecule has 6 heteroatoms. The van der Waals surface area contributed by atoms with Gasteiger partial charge in [-0.15, -0.1) is 0 Å². The molecule has 0 spiro atoms. The van der Waals surface area contributed by atoms with Gasteiger partial charge in [0.05, 0.1) is 21.1 Å². The average molecular weight is 326 g/mol. The summed E-state index contributed by atoms with van der Waals surface area (Å²) in [6.45, 7) is 0. The molecule has 0 atom stereocenters.